The van der Waals surface area contributed by atoms with Gasteiger partial charge in [-0.2, -0.15) is 0 Å². The Morgan fingerprint density at radius 2 is 2.04 bits per heavy atom. The van der Waals surface area contributed by atoms with Gasteiger partial charge >= 0.3 is 5.97 Å². The van der Waals surface area contributed by atoms with Crippen molar-refractivity contribution in [1.29, 1.82) is 0 Å². The standard InChI is InChI=1S/C20H24F3NO3S/c1-14(27-2)9-12-24-11-3-4-17(19(25)26)18(24)28-13-10-20(22,23)15-5-7-16(21)8-6-15/h3-8,11,14,18H,9-10,12-13H2,1-2H3,(H,25,26). The Bertz CT molecular complexity index is 722. The summed E-state index contributed by atoms with van der Waals surface area (Å²) in [5, 5.41) is 8.90. The number of thioether (sulfide) groups is 1. The van der Waals surface area contributed by atoms with Crippen molar-refractivity contribution in [3.05, 3.63) is 59.6 Å². The molecule has 0 aromatic heterocycles. The first kappa shape index (κ1) is 22.4. The second kappa shape index (κ2) is 10.0. The van der Waals surface area contributed by atoms with E-state index in [0.29, 0.717) is 13.0 Å². The van der Waals surface area contributed by atoms with Crippen molar-refractivity contribution in [2.24, 2.45) is 0 Å². The van der Waals surface area contributed by atoms with Crippen LogP contribution in [-0.2, 0) is 15.5 Å². The average Bonchev–Trinajstić information content (AvgIpc) is 2.66. The molecule has 0 fully saturated rings. The first-order chi connectivity index (χ1) is 13.2. The molecule has 0 amide bonds. The zero-order valence-electron chi connectivity index (χ0n) is 15.8. The second-order valence-corrected chi connectivity index (χ2v) is 7.71. The van der Waals surface area contributed by atoms with Crippen molar-refractivity contribution >= 4 is 17.7 Å². The minimum atomic E-state index is -3.12. The molecule has 1 aromatic carbocycles. The highest BCUT2D eigenvalue weighted by atomic mass is 32.2. The number of rotatable bonds is 10. The molecule has 0 saturated carbocycles. The molecule has 154 valence electrons. The maximum Gasteiger partial charge on any atom is 0.334 e. The molecule has 2 unspecified atom stereocenters. The number of carboxylic acid groups (broad SMARTS) is 1. The number of halogens is 3. The number of hydrogen-bond donors (Lipinski definition) is 1. The predicted octanol–water partition coefficient (Wildman–Crippen LogP) is 4.63. The van der Waals surface area contributed by atoms with E-state index in [2.05, 4.69) is 0 Å². The van der Waals surface area contributed by atoms with E-state index in [0.717, 1.165) is 36.0 Å². The lowest BCUT2D eigenvalue weighted by molar-refractivity contribution is -0.133. The van der Waals surface area contributed by atoms with Gasteiger partial charge in [0, 0.05) is 37.6 Å². The molecule has 0 radical (unpaired) electrons. The van der Waals surface area contributed by atoms with Crippen LogP contribution < -0.4 is 0 Å². The van der Waals surface area contributed by atoms with Crippen LogP contribution in [0.5, 0.6) is 0 Å². The topological polar surface area (TPSA) is 49.8 Å². The van der Waals surface area contributed by atoms with Crippen molar-refractivity contribution in [3.63, 3.8) is 0 Å². The molecule has 0 aliphatic carbocycles. The molecule has 2 rings (SSSR count). The van der Waals surface area contributed by atoms with Crippen LogP contribution in [-0.4, -0.2) is 46.9 Å². The van der Waals surface area contributed by atoms with E-state index >= 15 is 0 Å². The Balaban J connectivity index is 2.02. The smallest absolute Gasteiger partial charge is 0.334 e. The van der Waals surface area contributed by atoms with Crippen LogP contribution in [0.4, 0.5) is 13.2 Å². The van der Waals surface area contributed by atoms with Crippen LogP contribution in [0.25, 0.3) is 0 Å². The van der Waals surface area contributed by atoms with Crippen molar-refractivity contribution < 1.29 is 27.8 Å². The van der Waals surface area contributed by atoms with Gasteiger partial charge in [-0.1, -0.05) is 12.1 Å². The SMILES string of the molecule is COC(C)CCN1C=CC=C(C(=O)O)C1SCCC(F)(F)c1ccc(F)cc1. The molecular weight excluding hydrogens is 391 g/mol. The van der Waals surface area contributed by atoms with Gasteiger partial charge in [0.25, 0.3) is 5.92 Å². The first-order valence-corrected chi connectivity index (χ1v) is 9.95. The maximum absolute atomic E-state index is 14.4. The van der Waals surface area contributed by atoms with E-state index in [1.807, 2.05) is 11.8 Å². The first-order valence-electron chi connectivity index (χ1n) is 8.90. The highest BCUT2D eigenvalue weighted by Crippen LogP contribution is 2.35. The number of benzene rings is 1. The molecule has 0 saturated heterocycles. The van der Waals surface area contributed by atoms with Crippen LogP contribution in [0, 0.1) is 5.82 Å². The third kappa shape index (κ3) is 6.04. The minimum absolute atomic E-state index is 0.000966. The summed E-state index contributed by atoms with van der Waals surface area (Å²) in [6.07, 6.45) is 5.11. The lowest BCUT2D eigenvalue weighted by atomic mass is 10.1. The normalized spacial score (nSPS) is 18.1. The summed E-state index contributed by atoms with van der Waals surface area (Å²) in [5.41, 5.74) is -0.0968. The lowest BCUT2D eigenvalue weighted by Crippen LogP contribution is -2.36. The van der Waals surface area contributed by atoms with Crippen molar-refractivity contribution in [2.45, 2.75) is 37.2 Å². The third-order valence-electron chi connectivity index (χ3n) is 4.52. The van der Waals surface area contributed by atoms with E-state index in [9.17, 15) is 23.1 Å². The fourth-order valence-electron chi connectivity index (χ4n) is 2.74. The Hall–Kier alpha value is -1.93. The van der Waals surface area contributed by atoms with Crippen LogP contribution in [0.2, 0.25) is 0 Å². The van der Waals surface area contributed by atoms with E-state index < -0.39 is 29.5 Å². The minimum Gasteiger partial charge on any atom is -0.478 e. The van der Waals surface area contributed by atoms with Crippen molar-refractivity contribution in [1.82, 2.24) is 4.90 Å². The van der Waals surface area contributed by atoms with Crippen LogP contribution in [0.15, 0.2) is 48.2 Å². The molecule has 1 aromatic rings. The quantitative estimate of drug-likeness (QED) is 0.604. The van der Waals surface area contributed by atoms with Gasteiger partial charge in [0.05, 0.1) is 11.7 Å². The van der Waals surface area contributed by atoms with E-state index in [1.54, 1.807) is 19.4 Å². The average molecular weight is 415 g/mol. The largest absolute Gasteiger partial charge is 0.478 e. The fraction of sp³-hybridized carbons (Fsp3) is 0.450. The summed E-state index contributed by atoms with van der Waals surface area (Å²) >= 11 is 1.16. The summed E-state index contributed by atoms with van der Waals surface area (Å²) in [7, 11) is 1.60. The van der Waals surface area contributed by atoms with Gasteiger partial charge in [-0.3, -0.25) is 0 Å². The van der Waals surface area contributed by atoms with Gasteiger partial charge in [-0.05, 0) is 37.6 Å². The number of aliphatic carboxylic acids is 1. The number of allylic oxidation sites excluding steroid dienone is 2. The monoisotopic (exact) mass is 415 g/mol. The molecule has 1 aliphatic rings. The zero-order chi connectivity index (χ0) is 20.7. The van der Waals surface area contributed by atoms with Crippen LogP contribution >= 0.6 is 11.8 Å². The lowest BCUT2D eigenvalue weighted by Gasteiger charge is -2.33. The summed E-state index contributed by atoms with van der Waals surface area (Å²) in [6.45, 7) is 2.45. The number of carboxylic acids is 1. The number of carbonyl (C=O) groups is 1. The molecular formula is C20H24F3NO3S. The van der Waals surface area contributed by atoms with Gasteiger partial charge in [0.15, 0.2) is 0 Å². The number of methoxy groups -OCH3 is 1. The van der Waals surface area contributed by atoms with Crippen molar-refractivity contribution in [2.75, 3.05) is 19.4 Å². The molecule has 4 nitrogen and oxygen atoms in total. The van der Waals surface area contributed by atoms with Crippen LogP contribution in [0.1, 0.15) is 25.3 Å². The molecule has 8 heteroatoms. The highest BCUT2D eigenvalue weighted by Gasteiger charge is 2.33. The Morgan fingerprint density at radius 1 is 1.36 bits per heavy atom. The van der Waals surface area contributed by atoms with E-state index in [4.69, 9.17) is 4.74 Å². The predicted molar refractivity (Wildman–Crippen MR) is 104 cm³/mol. The Labute approximate surface area is 167 Å². The number of alkyl halides is 2. The molecule has 0 bridgehead atoms. The van der Waals surface area contributed by atoms with Gasteiger partial charge in [-0.25, -0.2) is 18.0 Å². The molecule has 1 heterocycles. The van der Waals surface area contributed by atoms with Gasteiger partial charge in [0.2, 0.25) is 0 Å². The number of hydrogen-bond acceptors (Lipinski definition) is 4. The van der Waals surface area contributed by atoms with Gasteiger partial charge in [0.1, 0.15) is 11.2 Å². The summed E-state index contributed by atoms with van der Waals surface area (Å²) in [4.78, 5) is 13.4. The molecule has 0 spiro atoms. The van der Waals surface area contributed by atoms with Gasteiger partial charge < -0.3 is 14.7 Å². The fourth-order valence-corrected chi connectivity index (χ4v) is 4.06. The molecule has 1 N–H and O–H groups in total. The summed E-state index contributed by atoms with van der Waals surface area (Å²) < 4.78 is 46.9. The Kier molecular flexibility index (Phi) is 8.00. The summed E-state index contributed by atoms with van der Waals surface area (Å²) in [6, 6.07) is 4.16. The molecule has 28 heavy (non-hydrogen) atoms. The second-order valence-electron chi connectivity index (χ2n) is 6.53. The summed E-state index contributed by atoms with van der Waals surface area (Å²) in [5.74, 6) is -4.71. The van der Waals surface area contributed by atoms with E-state index in [1.165, 1.54) is 6.08 Å². The zero-order valence-corrected chi connectivity index (χ0v) is 16.6. The number of ether oxygens (including phenoxy) is 1. The Morgan fingerprint density at radius 3 is 2.64 bits per heavy atom. The van der Waals surface area contributed by atoms with Crippen molar-refractivity contribution in [3.8, 4) is 0 Å². The highest BCUT2D eigenvalue weighted by molar-refractivity contribution is 8.00. The van der Waals surface area contributed by atoms with E-state index in [-0.39, 0.29) is 23.0 Å². The third-order valence-corrected chi connectivity index (χ3v) is 5.80. The number of nitrogens with zero attached hydrogens (tertiary/aromatic N) is 1. The van der Waals surface area contributed by atoms with Crippen LogP contribution in [0.3, 0.4) is 0 Å². The van der Waals surface area contributed by atoms with Gasteiger partial charge in [-0.15, -0.1) is 11.8 Å². The molecule has 2 atom stereocenters. The molecule has 1 aliphatic heterocycles. The maximum atomic E-state index is 14.4.